The van der Waals surface area contributed by atoms with Crippen molar-refractivity contribution in [3.8, 4) is 0 Å². The van der Waals surface area contributed by atoms with Gasteiger partial charge in [-0.2, -0.15) is 0 Å². The molecule has 1 amide bonds. The quantitative estimate of drug-likeness (QED) is 0.830. The van der Waals surface area contributed by atoms with Gasteiger partial charge in [0.15, 0.2) is 0 Å². The highest BCUT2D eigenvalue weighted by molar-refractivity contribution is 5.91. The zero-order valence-corrected chi connectivity index (χ0v) is 12.9. The molecule has 0 atom stereocenters. The minimum Gasteiger partial charge on any atom is -0.385 e. The summed E-state index contributed by atoms with van der Waals surface area (Å²) in [5.74, 6) is -0.134. The van der Waals surface area contributed by atoms with E-state index in [1.165, 1.54) is 11.6 Å². The summed E-state index contributed by atoms with van der Waals surface area (Å²) in [6.45, 7) is 4.80. The standard InChI is InChI=1S/C18H21FN2O/c1-13(2)14-7-9-15(10-8-14)20-12-11-18(22)21-17-6-4-3-5-16(17)19/h3-10,13,20H,11-12H2,1-2H3,(H,21,22). The molecule has 3 nitrogen and oxygen atoms in total. The molecule has 2 N–H and O–H groups in total. The fourth-order valence-electron chi connectivity index (χ4n) is 2.08. The molecule has 0 aliphatic heterocycles. The van der Waals surface area contributed by atoms with Crippen molar-refractivity contribution in [2.75, 3.05) is 17.2 Å². The largest absolute Gasteiger partial charge is 0.385 e. The number of benzene rings is 2. The van der Waals surface area contributed by atoms with E-state index in [1.807, 2.05) is 12.1 Å². The summed E-state index contributed by atoms with van der Waals surface area (Å²) in [5, 5.41) is 5.75. The summed E-state index contributed by atoms with van der Waals surface area (Å²) in [5.41, 5.74) is 2.47. The van der Waals surface area contributed by atoms with Crippen LogP contribution in [0.5, 0.6) is 0 Å². The van der Waals surface area contributed by atoms with Gasteiger partial charge in [-0.15, -0.1) is 0 Å². The molecule has 116 valence electrons. The normalized spacial score (nSPS) is 10.5. The molecule has 2 aromatic carbocycles. The van der Waals surface area contributed by atoms with Crippen LogP contribution in [0.2, 0.25) is 0 Å². The van der Waals surface area contributed by atoms with Gasteiger partial charge in [0.05, 0.1) is 5.69 Å². The summed E-state index contributed by atoms with van der Waals surface area (Å²) < 4.78 is 13.4. The highest BCUT2D eigenvalue weighted by Gasteiger charge is 2.06. The molecular formula is C18H21FN2O. The molecule has 0 saturated carbocycles. The van der Waals surface area contributed by atoms with Gasteiger partial charge < -0.3 is 10.6 Å². The zero-order valence-electron chi connectivity index (χ0n) is 12.9. The van der Waals surface area contributed by atoms with Crippen LogP contribution in [0.15, 0.2) is 48.5 Å². The molecule has 0 bridgehead atoms. The predicted molar refractivity (Wildman–Crippen MR) is 88.7 cm³/mol. The van der Waals surface area contributed by atoms with Gasteiger partial charge in [-0.05, 0) is 35.7 Å². The van der Waals surface area contributed by atoms with E-state index in [0.29, 0.717) is 12.5 Å². The van der Waals surface area contributed by atoms with Crippen molar-refractivity contribution < 1.29 is 9.18 Å². The van der Waals surface area contributed by atoms with E-state index in [9.17, 15) is 9.18 Å². The van der Waals surface area contributed by atoms with Gasteiger partial charge in [0.25, 0.3) is 0 Å². The van der Waals surface area contributed by atoms with Crippen LogP contribution in [0, 0.1) is 5.82 Å². The minimum absolute atomic E-state index is 0.212. The Labute approximate surface area is 130 Å². The van der Waals surface area contributed by atoms with E-state index in [-0.39, 0.29) is 18.0 Å². The lowest BCUT2D eigenvalue weighted by Crippen LogP contribution is -2.16. The number of carbonyl (C=O) groups is 1. The van der Waals surface area contributed by atoms with Crippen LogP contribution < -0.4 is 10.6 Å². The van der Waals surface area contributed by atoms with Gasteiger partial charge in [-0.25, -0.2) is 4.39 Å². The van der Waals surface area contributed by atoms with Crippen molar-refractivity contribution in [3.63, 3.8) is 0 Å². The topological polar surface area (TPSA) is 41.1 Å². The first kappa shape index (κ1) is 16.0. The van der Waals surface area contributed by atoms with Crippen LogP contribution in [-0.2, 0) is 4.79 Å². The Balaban J connectivity index is 1.78. The number of carbonyl (C=O) groups excluding carboxylic acids is 1. The highest BCUT2D eigenvalue weighted by Crippen LogP contribution is 2.17. The van der Waals surface area contributed by atoms with E-state index in [4.69, 9.17) is 0 Å². The molecule has 0 aromatic heterocycles. The van der Waals surface area contributed by atoms with Gasteiger partial charge in [0.2, 0.25) is 5.91 Å². The molecule has 22 heavy (non-hydrogen) atoms. The molecule has 4 heteroatoms. The first-order valence-corrected chi connectivity index (χ1v) is 7.44. The number of anilines is 2. The van der Waals surface area contributed by atoms with Crippen LogP contribution in [-0.4, -0.2) is 12.5 Å². The average molecular weight is 300 g/mol. The van der Waals surface area contributed by atoms with Crippen molar-refractivity contribution in [3.05, 3.63) is 59.9 Å². The molecule has 2 aromatic rings. The number of nitrogens with one attached hydrogen (secondary N) is 2. The predicted octanol–water partition coefficient (Wildman–Crippen LogP) is 4.39. The van der Waals surface area contributed by atoms with E-state index in [2.05, 4.69) is 36.6 Å². The Hall–Kier alpha value is -2.36. The Bertz CT molecular complexity index is 623. The van der Waals surface area contributed by atoms with E-state index < -0.39 is 5.82 Å². The van der Waals surface area contributed by atoms with E-state index >= 15 is 0 Å². The summed E-state index contributed by atoms with van der Waals surface area (Å²) in [6.07, 6.45) is 0.278. The summed E-state index contributed by atoms with van der Waals surface area (Å²) in [7, 11) is 0. The Morgan fingerprint density at radius 2 is 1.77 bits per heavy atom. The molecule has 0 spiro atoms. The van der Waals surface area contributed by atoms with Crippen molar-refractivity contribution in [1.29, 1.82) is 0 Å². The Morgan fingerprint density at radius 1 is 1.09 bits per heavy atom. The number of rotatable bonds is 6. The molecule has 0 aliphatic carbocycles. The molecule has 0 radical (unpaired) electrons. The van der Waals surface area contributed by atoms with E-state index in [1.54, 1.807) is 18.2 Å². The van der Waals surface area contributed by atoms with Crippen LogP contribution in [0.25, 0.3) is 0 Å². The third kappa shape index (κ3) is 4.58. The Morgan fingerprint density at radius 3 is 2.41 bits per heavy atom. The summed E-state index contributed by atoms with van der Waals surface area (Å²) >= 11 is 0. The lowest BCUT2D eigenvalue weighted by atomic mass is 10.0. The van der Waals surface area contributed by atoms with Crippen LogP contribution in [0.4, 0.5) is 15.8 Å². The number of halogens is 1. The second-order valence-corrected chi connectivity index (χ2v) is 5.48. The van der Waals surface area contributed by atoms with Crippen molar-refractivity contribution in [1.82, 2.24) is 0 Å². The molecule has 0 aliphatic rings. The monoisotopic (exact) mass is 300 g/mol. The number of hydrogen-bond acceptors (Lipinski definition) is 2. The third-order valence-corrected chi connectivity index (χ3v) is 3.41. The number of hydrogen-bond donors (Lipinski definition) is 2. The van der Waals surface area contributed by atoms with E-state index in [0.717, 1.165) is 5.69 Å². The second kappa shape index (κ2) is 7.59. The van der Waals surface area contributed by atoms with Crippen LogP contribution in [0.1, 0.15) is 31.7 Å². The molecular weight excluding hydrogens is 279 g/mol. The SMILES string of the molecule is CC(C)c1ccc(NCCC(=O)Nc2ccccc2F)cc1. The average Bonchev–Trinajstić information content (AvgIpc) is 2.50. The van der Waals surface area contributed by atoms with Crippen LogP contribution in [0.3, 0.4) is 0 Å². The minimum atomic E-state index is -0.423. The van der Waals surface area contributed by atoms with Crippen molar-refractivity contribution in [2.24, 2.45) is 0 Å². The highest BCUT2D eigenvalue weighted by atomic mass is 19.1. The van der Waals surface area contributed by atoms with Crippen molar-refractivity contribution in [2.45, 2.75) is 26.2 Å². The summed E-state index contributed by atoms with van der Waals surface area (Å²) in [6, 6.07) is 14.3. The number of amides is 1. The fraction of sp³-hybridized carbons (Fsp3) is 0.278. The third-order valence-electron chi connectivity index (χ3n) is 3.41. The number of para-hydroxylation sites is 1. The fourth-order valence-corrected chi connectivity index (χ4v) is 2.08. The van der Waals surface area contributed by atoms with Gasteiger partial charge in [0.1, 0.15) is 5.82 Å². The molecule has 2 rings (SSSR count). The first-order valence-electron chi connectivity index (χ1n) is 7.44. The lowest BCUT2D eigenvalue weighted by Gasteiger charge is -2.10. The van der Waals surface area contributed by atoms with Gasteiger partial charge in [-0.1, -0.05) is 38.1 Å². The van der Waals surface area contributed by atoms with Gasteiger partial charge in [0, 0.05) is 18.7 Å². The van der Waals surface area contributed by atoms with Gasteiger partial charge >= 0.3 is 0 Å². The summed E-state index contributed by atoms with van der Waals surface area (Å²) in [4.78, 5) is 11.8. The van der Waals surface area contributed by atoms with Gasteiger partial charge in [-0.3, -0.25) is 4.79 Å². The maximum absolute atomic E-state index is 13.4. The molecule has 0 heterocycles. The first-order chi connectivity index (χ1) is 10.6. The van der Waals surface area contributed by atoms with Crippen molar-refractivity contribution >= 4 is 17.3 Å². The maximum atomic E-state index is 13.4. The molecule has 0 saturated heterocycles. The molecule has 0 fully saturated rings. The Kier molecular flexibility index (Phi) is 5.53. The van der Waals surface area contributed by atoms with Crippen LogP contribution >= 0.6 is 0 Å². The second-order valence-electron chi connectivity index (χ2n) is 5.48. The molecule has 0 unspecified atom stereocenters. The maximum Gasteiger partial charge on any atom is 0.226 e. The zero-order chi connectivity index (χ0) is 15.9. The lowest BCUT2D eigenvalue weighted by molar-refractivity contribution is -0.116. The smallest absolute Gasteiger partial charge is 0.226 e.